The van der Waals surface area contributed by atoms with Gasteiger partial charge in [0.2, 0.25) is 20.0 Å². The second-order valence-electron chi connectivity index (χ2n) is 19.5. The highest BCUT2D eigenvalue weighted by molar-refractivity contribution is 8.01. The van der Waals surface area contributed by atoms with Crippen molar-refractivity contribution in [1.82, 2.24) is 14.1 Å². The van der Waals surface area contributed by atoms with E-state index in [4.69, 9.17) is 25.1 Å². The van der Waals surface area contributed by atoms with Crippen molar-refractivity contribution in [1.29, 1.82) is 0 Å². The van der Waals surface area contributed by atoms with E-state index in [0.717, 1.165) is 8.61 Å². The number of nitrogens with two attached hydrogens (primary N) is 1. The van der Waals surface area contributed by atoms with E-state index in [2.05, 4.69) is 45.0 Å². The molecule has 2 aliphatic heterocycles. The molecule has 406 valence electrons. The third-order valence-electron chi connectivity index (χ3n) is 12.5. The molecule has 5 N–H and O–H groups in total. The maximum atomic E-state index is 13.2. The second kappa shape index (κ2) is 24.5. The summed E-state index contributed by atoms with van der Waals surface area (Å²) < 4.78 is 71.4. The molecule has 0 radical (unpaired) electrons. The van der Waals surface area contributed by atoms with Crippen LogP contribution in [0.5, 0.6) is 23.0 Å². The van der Waals surface area contributed by atoms with Crippen LogP contribution in [0.25, 0.3) is 0 Å². The maximum absolute atomic E-state index is 13.2. The van der Waals surface area contributed by atoms with Crippen LogP contribution in [0.15, 0.2) is 168 Å². The first kappa shape index (κ1) is 59.2. The smallest absolute Gasteiger partial charge is 0.323 e. The lowest BCUT2D eigenvalue weighted by molar-refractivity contribution is -0.605. The zero-order valence-electron chi connectivity index (χ0n) is 42.9. The van der Waals surface area contributed by atoms with Gasteiger partial charge in [-0.05, 0) is 91.6 Å². The number of sulfonamides is 2. The first-order valence-electron chi connectivity index (χ1n) is 23.7. The van der Waals surface area contributed by atoms with Crippen LogP contribution in [-0.2, 0) is 34.2 Å². The highest BCUT2D eigenvalue weighted by atomic mass is 32.2. The number of carboxylic acid groups (broad SMARTS) is 1. The van der Waals surface area contributed by atoms with Crippen molar-refractivity contribution >= 4 is 74.1 Å². The summed E-state index contributed by atoms with van der Waals surface area (Å²) in [4.78, 5) is 24.0. The van der Waals surface area contributed by atoms with Gasteiger partial charge in [0.05, 0.1) is 9.79 Å². The molecule has 0 saturated carbocycles. The predicted octanol–water partition coefficient (Wildman–Crippen LogP) is 6.02. The summed E-state index contributed by atoms with van der Waals surface area (Å²) in [5, 5.41) is 43.2. The largest absolute Gasteiger partial charge is 0.619 e. The normalized spacial score (nSPS) is 17.9. The minimum absolute atomic E-state index is 0.000684. The van der Waals surface area contributed by atoms with Crippen molar-refractivity contribution < 1.29 is 60.2 Å². The van der Waals surface area contributed by atoms with Crippen LogP contribution in [0, 0.1) is 10.4 Å². The highest BCUT2D eigenvalue weighted by Gasteiger charge is 2.51. The number of hydrogen-bond acceptors (Lipinski definition) is 15. The molecule has 0 unspecified atom stereocenters. The van der Waals surface area contributed by atoms with Gasteiger partial charge in [0.1, 0.15) is 35.1 Å². The standard InChI is InChI=1S/C18H21N3O6S2.C18H20N2O6S2.C16H21NOSi/c1-18(2)16(17(22)19-23)21(11-12-28-18)29(25,26)15-5-3-13(4-6-15)27-14-7-9-20(24)10-8-14;1-18(2)16(17(21)22)20(11-12-27-18)28(24,25)15-5-3-13(4-6-15)26-14-7-9-19(23)10-8-14;1-16(2,3)19(18-17,14-10-6-4-7-11-14)15-12-8-5-9-13-15/h3-10,16,23H,11-12H2,1-2H3,(H,19,22);3-10,16H,11-12H2,1-2H3,(H,21,22);4-13H,17H2,1-3H3/t2*16-;/m00./s1. The van der Waals surface area contributed by atoms with E-state index in [0.29, 0.717) is 44.0 Å². The van der Waals surface area contributed by atoms with Crippen molar-refractivity contribution in [2.45, 2.75) is 84.9 Å². The Morgan fingerprint density at radius 1 is 0.632 bits per heavy atom. The fourth-order valence-corrected chi connectivity index (χ4v) is 19.1. The monoisotopic (exact) mass is 1130 g/mol. The third-order valence-corrected chi connectivity index (χ3v) is 23.7. The van der Waals surface area contributed by atoms with Crippen molar-refractivity contribution in [3.8, 4) is 23.0 Å². The minimum Gasteiger partial charge on any atom is -0.619 e. The van der Waals surface area contributed by atoms with Gasteiger partial charge in [0.25, 0.3) is 14.2 Å². The maximum Gasteiger partial charge on any atom is 0.323 e. The Morgan fingerprint density at radius 3 is 1.30 bits per heavy atom. The van der Waals surface area contributed by atoms with Crippen LogP contribution in [0.2, 0.25) is 5.04 Å². The Kier molecular flexibility index (Phi) is 19.1. The van der Waals surface area contributed by atoms with Crippen molar-refractivity contribution in [2.75, 3.05) is 24.6 Å². The summed E-state index contributed by atoms with van der Waals surface area (Å²) in [5.74, 6) is 6.58. The average molecular weight is 1140 g/mol. The number of aromatic nitrogens is 2. The fraction of sp³-hybridized carbons (Fsp3) is 0.308. The van der Waals surface area contributed by atoms with E-state index < -0.39 is 61.8 Å². The molecule has 8 rings (SSSR count). The quantitative estimate of drug-likeness (QED) is 0.0338. The topological polar surface area (TPSA) is 269 Å². The van der Waals surface area contributed by atoms with E-state index >= 15 is 0 Å². The number of ether oxygens (including phenoxy) is 2. The summed E-state index contributed by atoms with van der Waals surface area (Å²) in [6.45, 7) is 13.9. The molecule has 1 amide bonds. The first-order valence-corrected chi connectivity index (χ1v) is 30.5. The van der Waals surface area contributed by atoms with E-state index in [1.807, 2.05) is 36.4 Å². The van der Waals surface area contributed by atoms with Crippen LogP contribution >= 0.6 is 23.5 Å². The third kappa shape index (κ3) is 13.5. The second-order valence-corrected chi connectivity index (χ2v) is 31.0. The Hall–Kier alpha value is -6.06. The average Bonchev–Trinajstić information content (AvgIpc) is 3.39. The number of carbonyl (C=O) groups excluding carboxylic acids is 1. The molecule has 19 nitrogen and oxygen atoms in total. The number of carbonyl (C=O) groups is 2. The van der Waals surface area contributed by atoms with Gasteiger partial charge in [0.15, 0.2) is 24.8 Å². The minimum atomic E-state index is -3.98. The van der Waals surface area contributed by atoms with Crippen molar-refractivity contribution in [3.05, 3.63) is 169 Å². The van der Waals surface area contributed by atoms with Gasteiger partial charge in [-0.1, -0.05) is 81.4 Å². The predicted molar refractivity (Wildman–Crippen MR) is 293 cm³/mol. The molecule has 2 aliphatic rings. The number of amides is 1. The molecule has 2 saturated heterocycles. The number of nitrogens with one attached hydrogen (secondary N) is 1. The molecule has 2 fully saturated rings. The number of thioether (sulfide) groups is 2. The first-order chi connectivity index (χ1) is 35.8. The van der Waals surface area contributed by atoms with E-state index in [9.17, 15) is 41.9 Å². The summed E-state index contributed by atoms with van der Waals surface area (Å²) in [7, 11) is -10.4. The zero-order chi connectivity index (χ0) is 55.7. The number of aliphatic carboxylic acids is 1. The van der Waals surface area contributed by atoms with Crippen LogP contribution < -0.4 is 40.7 Å². The number of hydrogen-bond donors (Lipinski definition) is 4. The molecular formula is C52H62N6O13S4Si. The Labute approximate surface area is 452 Å². The number of hydroxylamine groups is 1. The van der Waals surface area contributed by atoms with Crippen LogP contribution in [-0.4, -0.2) is 102 Å². The summed E-state index contributed by atoms with van der Waals surface area (Å²) >= 11 is 2.92. The molecule has 4 aromatic carbocycles. The van der Waals surface area contributed by atoms with Crippen LogP contribution in [0.4, 0.5) is 0 Å². The van der Waals surface area contributed by atoms with Crippen molar-refractivity contribution in [2.24, 2.45) is 5.90 Å². The van der Waals surface area contributed by atoms with Crippen LogP contribution in [0.3, 0.4) is 0 Å². The Balaban J connectivity index is 0.000000189. The lowest BCUT2D eigenvalue weighted by Crippen LogP contribution is -2.67. The van der Waals surface area contributed by atoms with Crippen molar-refractivity contribution in [3.63, 3.8) is 0 Å². The zero-order valence-corrected chi connectivity index (χ0v) is 47.1. The molecule has 6 aromatic rings. The summed E-state index contributed by atoms with van der Waals surface area (Å²) in [5.41, 5.74) is 1.58. The molecule has 4 heterocycles. The van der Waals surface area contributed by atoms with E-state index in [-0.39, 0.29) is 27.9 Å². The number of rotatable bonds is 13. The lowest BCUT2D eigenvalue weighted by atomic mass is 10.0. The molecular weight excluding hydrogens is 1070 g/mol. The van der Waals surface area contributed by atoms with E-state index in [1.54, 1.807) is 33.2 Å². The molecule has 2 atom stereocenters. The van der Waals surface area contributed by atoms with Gasteiger partial charge in [-0.2, -0.15) is 41.6 Å². The van der Waals surface area contributed by atoms with Gasteiger partial charge in [-0.3, -0.25) is 14.8 Å². The molecule has 0 aliphatic carbocycles. The van der Waals surface area contributed by atoms with Crippen LogP contribution in [0.1, 0.15) is 48.5 Å². The Morgan fingerprint density at radius 2 is 0.974 bits per heavy atom. The number of pyridine rings is 2. The highest BCUT2D eigenvalue weighted by Crippen LogP contribution is 2.40. The number of nitrogens with zero attached hydrogens (tertiary/aromatic N) is 4. The number of benzene rings is 4. The van der Waals surface area contributed by atoms with Gasteiger partial charge in [-0.25, -0.2) is 28.2 Å². The SMILES string of the molecule is CC(C)(C)[Si](ON)(c1ccccc1)c1ccccc1.CC1(C)SCCN(S(=O)(=O)c2ccc(Oc3cc[n+]([O-])cc3)cc2)[C@H]1C(=O)NO.CC1(C)SCCN(S(=O)(=O)c2ccc(Oc3cc[n+]([O-])cc3)cc2)[C@H]1C(=O)O. The van der Waals surface area contributed by atoms with Gasteiger partial charge < -0.3 is 29.5 Å². The summed E-state index contributed by atoms with van der Waals surface area (Å²) in [6, 6.07) is 36.0. The lowest BCUT2D eigenvalue weighted by Gasteiger charge is -2.43. The molecule has 24 heteroatoms. The van der Waals surface area contributed by atoms with Gasteiger partial charge in [0, 0.05) is 58.4 Å². The number of carboxylic acids is 1. The van der Waals surface area contributed by atoms with E-state index in [1.165, 1.54) is 131 Å². The molecule has 76 heavy (non-hydrogen) atoms. The molecule has 2 aromatic heterocycles. The van der Waals surface area contributed by atoms with Gasteiger partial charge in [-0.15, -0.1) is 0 Å². The fourth-order valence-electron chi connectivity index (χ4n) is 8.88. The van der Waals surface area contributed by atoms with Gasteiger partial charge >= 0.3 is 5.97 Å². The summed E-state index contributed by atoms with van der Waals surface area (Å²) in [6.07, 6.45) is 5.15. The Bertz CT molecular complexity index is 3080. The molecule has 0 bridgehead atoms. The molecule has 0 spiro atoms.